The van der Waals surface area contributed by atoms with Gasteiger partial charge in [-0.1, -0.05) is 140 Å². The van der Waals surface area contributed by atoms with E-state index in [0.29, 0.717) is 5.95 Å². The molecular weight excluding hydrogens is 769 g/mol. The van der Waals surface area contributed by atoms with E-state index in [0.717, 1.165) is 38.9 Å². The van der Waals surface area contributed by atoms with Gasteiger partial charge in [-0.15, -0.1) is 22.7 Å². The van der Waals surface area contributed by atoms with Crippen LogP contribution in [0.15, 0.2) is 182 Å². The van der Waals surface area contributed by atoms with Gasteiger partial charge in [-0.25, -0.2) is 9.97 Å². The fourth-order valence-electron chi connectivity index (χ4n) is 10.1. The molecule has 0 amide bonds. The van der Waals surface area contributed by atoms with Crippen LogP contribution in [0.5, 0.6) is 0 Å². The van der Waals surface area contributed by atoms with Gasteiger partial charge in [0.25, 0.3) is 0 Å². The zero-order valence-corrected chi connectivity index (χ0v) is 33.6. The predicted octanol–water partition coefficient (Wildman–Crippen LogP) is 15.4. The van der Waals surface area contributed by atoms with Gasteiger partial charge in [0.15, 0.2) is 0 Å². The molecule has 0 aliphatic rings. The zero-order valence-electron chi connectivity index (χ0n) is 31.9. The van der Waals surface area contributed by atoms with E-state index in [1.165, 1.54) is 83.7 Å². The zero-order chi connectivity index (χ0) is 39.1. The highest BCUT2D eigenvalue weighted by molar-refractivity contribution is 7.27. The molecular formula is C54H30N4S2. The first-order valence-electron chi connectivity index (χ1n) is 20.3. The van der Waals surface area contributed by atoms with Crippen LogP contribution in [0.2, 0.25) is 0 Å². The molecule has 5 aromatic heterocycles. The van der Waals surface area contributed by atoms with Crippen molar-refractivity contribution in [1.82, 2.24) is 19.1 Å². The molecule has 0 aliphatic carbocycles. The summed E-state index contributed by atoms with van der Waals surface area (Å²) < 4.78 is 9.97. The smallest absolute Gasteiger partial charge is 0.235 e. The third-order valence-corrected chi connectivity index (χ3v) is 14.8. The van der Waals surface area contributed by atoms with Crippen LogP contribution >= 0.6 is 22.7 Å². The van der Waals surface area contributed by atoms with Gasteiger partial charge < -0.3 is 4.57 Å². The lowest BCUT2D eigenvalue weighted by Gasteiger charge is -2.14. The summed E-state index contributed by atoms with van der Waals surface area (Å²) in [6, 6.07) is 65.7. The SMILES string of the molecule is c1ccc(-c2nc(-n3c4ccccc4c4c5c6c7ccccc7sc6c6c(c7ccccc7n6-c6ccccc6)c5c5c6ccccc6sc5c43)nc3ccccc23)cc1. The van der Waals surface area contributed by atoms with Gasteiger partial charge >= 0.3 is 0 Å². The summed E-state index contributed by atoms with van der Waals surface area (Å²) in [5.41, 5.74) is 8.78. The molecule has 4 nitrogen and oxygen atoms in total. The summed E-state index contributed by atoms with van der Waals surface area (Å²) in [4.78, 5) is 11.0. The van der Waals surface area contributed by atoms with Crippen LogP contribution < -0.4 is 0 Å². The van der Waals surface area contributed by atoms with Crippen LogP contribution in [0.3, 0.4) is 0 Å². The van der Waals surface area contributed by atoms with Crippen molar-refractivity contribution in [2.45, 2.75) is 0 Å². The Balaban J connectivity index is 1.31. The van der Waals surface area contributed by atoms with Crippen molar-refractivity contribution in [1.29, 1.82) is 0 Å². The molecule has 0 N–H and O–H groups in total. The molecule has 6 heteroatoms. The Morgan fingerprint density at radius 3 is 1.43 bits per heavy atom. The molecule has 9 aromatic carbocycles. The number of fused-ring (bicyclic) bond motifs is 20. The number of nitrogens with zero attached hydrogens (tertiary/aromatic N) is 4. The molecule has 0 atom stereocenters. The second-order valence-corrected chi connectivity index (χ2v) is 17.7. The summed E-state index contributed by atoms with van der Waals surface area (Å²) in [7, 11) is 0. The maximum atomic E-state index is 5.54. The average molecular weight is 799 g/mol. The standard InChI is InChI=1S/C54H30N4S2/c1-3-17-31(18-4-1)49-33-21-7-12-26-38(33)55-54(56-49)58-40-28-14-9-23-35(40)44-48-45-36-24-10-15-29-41(36)59-52(45)50-43(34-22-8-13-27-39(34)57(50)32-19-5-2-6-20-32)47(48)46-37-25-11-16-30-42(37)60-53(46)51(44)58/h1-30H. The predicted molar refractivity (Wildman–Crippen MR) is 257 cm³/mol. The Morgan fingerprint density at radius 2 is 0.817 bits per heavy atom. The molecule has 278 valence electrons. The molecule has 0 bridgehead atoms. The fourth-order valence-corrected chi connectivity index (χ4v) is 12.6. The first-order valence-corrected chi connectivity index (χ1v) is 21.9. The molecule has 60 heavy (non-hydrogen) atoms. The van der Waals surface area contributed by atoms with Gasteiger partial charge in [-0.3, -0.25) is 4.57 Å². The maximum absolute atomic E-state index is 5.54. The Bertz CT molecular complexity index is 4120. The van der Waals surface area contributed by atoms with Crippen LogP contribution in [0.1, 0.15) is 0 Å². The lowest BCUT2D eigenvalue weighted by atomic mass is 9.92. The van der Waals surface area contributed by atoms with Crippen molar-refractivity contribution in [3.05, 3.63) is 182 Å². The minimum atomic E-state index is 0.671. The van der Waals surface area contributed by atoms with Crippen LogP contribution in [0, 0.1) is 0 Å². The minimum absolute atomic E-state index is 0.671. The van der Waals surface area contributed by atoms with Gasteiger partial charge in [0, 0.05) is 79.9 Å². The van der Waals surface area contributed by atoms with Crippen molar-refractivity contribution in [3.8, 4) is 22.9 Å². The number of thiophene rings is 2. The third-order valence-electron chi connectivity index (χ3n) is 12.5. The quantitative estimate of drug-likeness (QED) is 0.178. The van der Waals surface area contributed by atoms with Crippen LogP contribution in [-0.4, -0.2) is 19.1 Å². The van der Waals surface area contributed by atoms with E-state index in [1.54, 1.807) is 0 Å². The van der Waals surface area contributed by atoms with E-state index in [4.69, 9.17) is 9.97 Å². The number of aromatic nitrogens is 4. The van der Waals surface area contributed by atoms with E-state index in [9.17, 15) is 0 Å². The molecule has 0 fully saturated rings. The van der Waals surface area contributed by atoms with Crippen LogP contribution in [0.25, 0.3) is 129 Å². The number of benzene rings is 9. The topological polar surface area (TPSA) is 35.6 Å². The normalized spacial score (nSPS) is 12.3. The summed E-state index contributed by atoms with van der Waals surface area (Å²) >= 11 is 3.79. The molecule has 0 radical (unpaired) electrons. The summed E-state index contributed by atoms with van der Waals surface area (Å²) in [6.07, 6.45) is 0. The van der Waals surface area contributed by atoms with Crippen molar-refractivity contribution in [2.75, 3.05) is 0 Å². The van der Waals surface area contributed by atoms with Crippen LogP contribution in [-0.2, 0) is 0 Å². The average Bonchev–Trinajstić information content (AvgIpc) is 4.07. The van der Waals surface area contributed by atoms with Gasteiger partial charge in [-0.2, -0.15) is 0 Å². The first kappa shape index (κ1) is 32.6. The van der Waals surface area contributed by atoms with Gasteiger partial charge in [0.2, 0.25) is 5.95 Å². The lowest BCUT2D eigenvalue weighted by Crippen LogP contribution is -2.03. The summed E-state index contributed by atoms with van der Waals surface area (Å²) in [5.74, 6) is 0.671. The third kappa shape index (κ3) is 4.23. The van der Waals surface area contributed by atoms with Crippen molar-refractivity contribution >= 4 is 128 Å². The minimum Gasteiger partial charge on any atom is -0.308 e. The number of hydrogen-bond acceptors (Lipinski definition) is 4. The largest absolute Gasteiger partial charge is 0.308 e. The van der Waals surface area contributed by atoms with Crippen LogP contribution in [0.4, 0.5) is 0 Å². The van der Waals surface area contributed by atoms with Gasteiger partial charge in [0.05, 0.1) is 42.7 Å². The Morgan fingerprint density at radius 1 is 0.350 bits per heavy atom. The second-order valence-electron chi connectivity index (χ2n) is 15.6. The first-order chi connectivity index (χ1) is 29.8. The van der Waals surface area contributed by atoms with Crippen molar-refractivity contribution in [3.63, 3.8) is 0 Å². The summed E-state index contributed by atoms with van der Waals surface area (Å²) in [6.45, 7) is 0. The highest BCUT2D eigenvalue weighted by Gasteiger charge is 2.30. The second kappa shape index (κ2) is 12.1. The van der Waals surface area contributed by atoms with Crippen molar-refractivity contribution < 1.29 is 0 Å². The molecule has 0 spiro atoms. The van der Waals surface area contributed by atoms with E-state index in [-0.39, 0.29) is 0 Å². The van der Waals surface area contributed by atoms with E-state index >= 15 is 0 Å². The van der Waals surface area contributed by atoms with Gasteiger partial charge in [0.1, 0.15) is 0 Å². The molecule has 0 unspecified atom stereocenters. The number of para-hydroxylation sites is 4. The maximum Gasteiger partial charge on any atom is 0.235 e. The number of hydrogen-bond donors (Lipinski definition) is 0. The molecule has 14 aromatic rings. The van der Waals surface area contributed by atoms with E-state index < -0.39 is 0 Å². The number of rotatable bonds is 3. The monoisotopic (exact) mass is 798 g/mol. The molecule has 5 heterocycles. The molecule has 0 saturated carbocycles. The van der Waals surface area contributed by atoms with Gasteiger partial charge in [-0.05, 0) is 42.5 Å². The van der Waals surface area contributed by atoms with Crippen molar-refractivity contribution in [2.24, 2.45) is 0 Å². The van der Waals surface area contributed by atoms with E-state index in [1.807, 2.05) is 22.7 Å². The summed E-state index contributed by atoms with van der Waals surface area (Å²) in [5, 5.41) is 13.7. The lowest BCUT2D eigenvalue weighted by molar-refractivity contribution is 1.02. The highest BCUT2D eigenvalue weighted by Crippen LogP contribution is 2.56. The molecule has 0 aliphatic heterocycles. The Labute approximate surface area is 350 Å². The van der Waals surface area contributed by atoms with E-state index in [2.05, 4.69) is 191 Å². The molecule has 14 rings (SSSR count). The Kier molecular flexibility index (Phi) is 6.56. The Hall–Kier alpha value is -7.38. The highest BCUT2D eigenvalue weighted by atomic mass is 32.1. The molecule has 0 saturated heterocycles. The fraction of sp³-hybridized carbons (Fsp3) is 0.